The molecule has 0 aromatic rings. The van der Waals surface area contributed by atoms with Crippen molar-refractivity contribution in [1.29, 1.82) is 0 Å². The summed E-state index contributed by atoms with van der Waals surface area (Å²) in [5.41, 5.74) is 5.96. The highest BCUT2D eigenvalue weighted by Crippen LogP contribution is 2.35. The van der Waals surface area contributed by atoms with Crippen LogP contribution in [0.15, 0.2) is 0 Å². The Morgan fingerprint density at radius 3 is 2.67 bits per heavy atom. The predicted molar refractivity (Wildman–Crippen MR) is 70.2 cm³/mol. The molecule has 4 nitrogen and oxygen atoms in total. The van der Waals surface area contributed by atoms with E-state index < -0.39 is 0 Å². The number of hydrogen-bond acceptors (Lipinski definition) is 4. The third-order valence-corrected chi connectivity index (χ3v) is 4.90. The summed E-state index contributed by atoms with van der Waals surface area (Å²) in [5.74, 6) is 0.393. The average Bonchev–Trinajstić information content (AvgIpc) is 2.86. The van der Waals surface area contributed by atoms with E-state index in [0.29, 0.717) is 12.0 Å². The highest BCUT2D eigenvalue weighted by molar-refractivity contribution is 4.91. The second-order valence-corrected chi connectivity index (χ2v) is 6.03. The molecule has 3 fully saturated rings. The fraction of sp³-hybridized carbons (Fsp3) is 1.00. The standard InChI is InChI=1S/C14H26N2O2/c15-10-12-4-1-2-5-13(12)16-7-3-6-14(11-16)17-8-9-18-14/h12-13H,1-11,15H2. The predicted octanol–water partition coefficient (Wildman–Crippen LogP) is 1.34. The van der Waals surface area contributed by atoms with Gasteiger partial charge in [-0.1, -0.05) is 12.8 Å². The Morgan fingerprint density at radius 2 is 1.89 bits per heavy atom. The molecular weight excluding hydrogens is 228 g/mol. The molecule has 4 heteroatoms. The molecule has 2 saturated heterocycles. The van der Waals surface area contributed by atoms with Gasteiger partial charge in [-0.15, -0.1) is 0 Å². The normalized spacial score (nSPS) is 37.2. The third-order valence-electron chi connectivity index (χ3n) is 4.90. The van der Waals surface area contributed by atoms with Crippen molar-refractivity contribution in [3.8, 4) is 0 Å². The number of nitrogens with two attached hydrogens (primary N) is 1. The minimum Gasteiger partial charge on any atom is -0.346 e. The molecule has 18 heavy (non-hydrogen) atoms. The van der Waals surface area contributed by atoms with Crippen molar-refractivity contribution < 1.29 is 9.47 Å². The first-order valence-electron chi connectivity index (χ1n) is 7.55. The van der Waals surface area contributed by atoms with Crippen LogP contribution in [0.2, 0.25) is 0 Å². The first-order valence-corrected chi connectivity index (χ1v) is 7.55. The van der Waals surface area contributed by atoms with Crippen molar-refractivity contribution in [2.45, 2.75) is 50.4 Å². The van der Waals surface area contributed by atoms with Gasteiger partial charge < -0.3 is 15.2 Å². The summed E-state index contributed by atoms with van der Waals surface area (Å²) in [4.78, 5) is 2.60. The van der Waals surface area contributed by atoms with Crippen molar-refractivity contribution in [2.24, 2.45) is 11.7 Å². The molecular formula is C14H26N2O2. The van der Waals surface area contributed by atoms with Gasteiger partial charge in [0.1, 0.15) is 0 Å². The van der Waals surface area contributed by atoms with Gasteiger partial charge in [0, 0.05) is 12.5 Å². The molecule has 2 atom stereocenters. The molecule has 1 saturated carbocycles. The maximum atomic E-state index is 5.96. The summed E-state index contributed by atoms with van der Waals surface area (Å²) in [6, 6.07) is 0.661. The van der Waals surface area contributed by atoms with E-state index >= 15 is 0 Å². The Kier molecular flexibility index (Phi) is 3.89. The van der Waals surface area contributed by atoms with E-state index in [1.165, 1.54) is 38.6 Å². The van der Waals surface area contributed by atoms with Crippen molar-refractivity contribution >= 4 is 0 Å². The summed E-state index contributed by atoms with van der Waals surface area (Å²) in [5, 5.41) is 0. The van der Waals surface area contributed by atoms with Gasteiger partial charge in [-0.3, -0.25) is 4.90 Å². The molecule has 104 valence electrons. The second-order valence-electron chi connectivity index (χ2n) is 6.03. The van der Waals surface area contributed by atoms with Crippen molar-refractivity contribution in [3.05, 3.63) is 0 Å². The quantitative estimate of drug-likeness (QED) is 0.808. The van der Waals surface area contributed by atoms with Crippen molar-refractivity contribution in [3.63, 3.8) is 0 Å². The van der Waals surface area contributed by atoms with Crippen LogP contribution in [0.3, 0.4) is 0 Å². The van der Waals surface area contributed by atoms with Crippen LogP contribution in [0.1, 0.15) is 38.5 Å². The van der Waals surface area contributed by atoms with Gasteiger partial charge in [0.05, 0.1) is 19.8 Å². The van der Waals surface area contributed by atoms with Crippen LogP contribution >= 0.6 is 0 Å². The van der Waals surface area contributed by atoms with Crippen molar-refractivity contribution in [2.75, 3.05) is 32.8 Å². The Hall–Kier alpha value is -0.160. The molecule has 0 bridgehead atoms. The first kappa shape index (κ1) is 12.9. The molecule has 0 radical (unpaired) electrons. The van der Waals surface area contributed by atoms with E-state index in [1.54, 1.807) is 0 Å². The lowest BCUT2D eigenvalue weighted by Crippen LogP contribution is -2.55. The van der Waals surface area contributed by atoms with E-state index in [2.05, 4.69) is 4.90 Å². The summed E-state index contributed by atoms with van der Waals surface area (Å²) >= 11 is 0. The van der Waals surface area contributed by atoms with Crippen LogP contribution in [0.25, 0.3) is 0 Å². The van der Waals surface area contributed by atoms with Crippen LogP contribution in [-0.4, -0.2) is 49.6 Å². The third kappa shape index (κ3) is 2.44. The van der Waals surface area contributed by atoms with Gasteiger partial charge in [-0.2, -0.15) is 0 Å². The van der Waals surface area contributed by atoms with Crippen LogP contribution in [0.5, 0.6) is 0 Å². The summed E-state index contributed by atoms with van der Waals surface area (Å²) in [7, 11) is 0. The SMILES string of the molecule is NCC1CCCCC1N1CCCC2(C1)OCCO2. The number of hydrogen-bond donors (Lipinski definition) is 1. The van der Waals surface area contributed by atoms with Gasteiger partial charge in [0.25, 0.3) is 0 Å². The van der Waals surface area contributed by atoms with E-state index in [4.69, 9.17) is 15.2 Å². The highest BCUT2D eigenvalue weighted by Gasteiger charge is 2.43. The van der Waals surface area contributed by atoms with E-state index in [0.717, 1.165) is 32.7 Å². The summed E-state index contributed by atoms with van der Waals surface area (Å²) in [6.45, 7) is 4.50. The Balaban J connectivity index is 1.67. The zero-order valence-electron chi connectivity index (χ0n) is 11.3. The first-order chi connectivity index (χ1) is 8.83. The van der Waals surface area contributed by atoms with Gasteiger partial charge in [0.2, 0.25) is 0 Å². The lowest BCUT2D eigenvalue weighted by Gasteiger charge is -2.46. The molecule has 1 spiro atoms. The van der Waals surface area contributed by atoms with Crippen LogP contribution in [-0.2, 0) is 9.47 Å². The highest BCUT2D eigenvalue weighted by atomic mass is 16.7. The number of piperidine rings is 1. The molecule has 1 aliphatic carbocycles. The molecule has 3 rings (SSSR count). The number of rotatable bonds is 2. The monoisotopic (exact) mass is 254 g/mol. The zero-order chi connectivity index (χ0) is 12.4. The second kappa shape index (κ2) is 5.45. The lowest BCUT2D eigenvalue weighted by molar-refractivity contribution is -0.197. The summed E-state index contributed by atoms with van der Waals surface area (Å²) in [6.07, 6.45) is 7.55. The topological polar surface area (TPSA) is 47.7 Å². The zero-order valence-corrected chi connectivity index (χ0v) is 11.3. The molecule has 0 aromatic carbocycles. The Labute approximate surface area is 110 Å². The largest absolute Gasteiger partial charge is 0.346 e. The fourth-order valence-corrected chi connectivity index (χ4v) is 3.98. The molecule has 3 aliphatic rings. The van der Waals surface area contributed by atoms with Gasteiger partial charge in [-0.05, 0) is 38.3 Å². The van der Waals surface area contributed by atoms with Crippen LogP contribution < -0.4 is 5.73 Å². The Bertz CT molecular complexity index is 279. The van der Waals surface area contributed by atoms with Crippen LogP contribution in [0.4, 0.5) is 0 Å². The molecule has 0 amide bonds. The summed E-state index contributed by atoms with van der Waals surface area (Å²) < 4.78 is 11.8. The van der Waals surface area contributed by atoms with Gasteiger partial charge >= 0.3 is 0 Å². The number of ether oxygens (including phenoxy) is 2. The van der Waals surface area contributed by atoms with Gasteiger partial charge in [-0.25, -0.2) is 0 Å². The fourth-order valence-electron chi connectivity index (χ4n) is 3.98. The smallest absolute Gasteiger partial charge is 0.181 e. The minimum absolute atomic E-state index is 0.283. The number of likely N-dealkylation sites (tertiary alicyclic amines) is 1. The van der Waals surface area contributed by atoms with E-state index in [1.807, 2.05) is 0 Å². The van der Waals surface area contributed by atoms with Crippen molar-refractivity contribution in [1.82, 2.24) is 4.90 Å². The number of nitrogens with zero attached hydrogens (tertiary/aromatic N) is 1. The lowest BCUT2D eigenvalue weighted by atomic mass is 9.82. The Morgan fingerprint density at radius 1 is 1.11 bits per heavy atom. The van der Waals surface area contributed by atoms with Crippen LogP contribution in [0, 0.1) is 5.92 Å². The van der Waals surface area contributed by atoms with E-state index in [9.17, 15) is 0 Å². The minimum atomic E-state index is -0.283. The molecule has 2 heterocycles. The molecule has 2 unspecified atom stereocenters. The van der Waals surface area contributed by atoms with E-state index in [-0.39, 0.29) is 5.79 Å². The maximum Gasteiger partial charge on any atom is 0.181 e. The molecule has 0 aromatic heterocycles. The van der Waals surface area contributed by atoms with Gasteiger partial charge in [0.15, 0.2) is 5.79 Å². The molecule has 2 aliphatic heterocycles. The maximum absolute atomic E-state index is 5.96. The molecule has 2 N–H and O–H groups in total. The average molecular weight is 254 g/mol.